The summed E-state index contributed by atoms with van der Waals surface area (Å²) in [7, 11) is 0. The maximum atomic E-state index is 9.43. The van der Waals surface area contributed by atoms with E-state index in [2.05, 4.69) is 12.2 Å². The minimum atomic E-state index is -0.243. The molecule has 16 heavy (non-hydrogen) atoms. The second kappa shape index (κ2) is 6.89. The minimum Gasteiger partial charge on any atom is -0.392 e. The van der Waals surface area contributed by atoms with Crippen molar-refractivity contribution in [1.29, 1.82) is 0 Å². The molecule has 0 aromatic heterocycles. The van der Waals surface area contributed by atoms with Crippen LogP contribution in [-0.4, -0.2) is 23.8 Å². The Kier molecular flexibility index (Phi) is 5.81. The van der Waals surface area contributed by atoms with Crippen LogP contribution in [0.25, 0.3) is 0 Å². The van der Waals surface area contributed by atoms with Crippen LogP contribution < -0.4 is 5.32 Å². The van der Waals surface area contributed by atoms with Crippen molar-refractivity contribution < 1.29 is 5.11 Å². The van der Waals surface area contributed by atoms with Crippen molar-refractivity contribution in [1.82, 2.24) is 5.32 Å². The Morgan fingerprint density at radius 3 is 2.50 bits per heavy atom. The fraction of sp³-hybridized carbons (Fsp3) is 0.538. The Labute approximate surface area is 103 Å². The molecule has 0 heterocycles. The summed E-state index contributed by atoms with van der Waals surface area (Å²) in [6.07, 6.45) is 1.50. The average molecular weight is 242 g/mol. The molecule has 0 spiro atoms. The summed E-state index contributed by atoms with van der Waals surface area (Å²) in [5, 5.41) is 13.5. The Morgan fingerprint density at radius 1 is 1.31 bits per heavy atom. The number of halogens is 1. The van der Waals surface area contributed by atoms with Gasteiger partial charge in [0.2, 0.25) is 0 Å². The van der Waals surface area contributed by atoms with E-state index in [9.17, 15) is 5.11 Å². The number of aliphatic hydroxyl groups excluding tert-OH is 1. The van der Waals surface area contributed by atoms with Crippen molar-refractivity contribution in [2.75, 3.05) is 6.54 Å². The van der Waals surface area contributed by atoms with Crippen LogP contribution in [0.2, 0.25) is 5.02 Å². The lowest BCUT2D eigenvalue weighted by atomic mass is 10.1. The summed E-state index contributed by atoms with van der Waals surface area (Å²) in [6, 6.07) is 8.25. The fourth-order valence-electron chi connectivity index (χ4n) is 1.53. The number of aliphatic hydroxyl groups is 1. The molecular weight excluding hydrogens is 222 g/mol. The van der Waals surface area contributed by atoms with Crippen LogP contribution in [0.15, 0.2) is 24.3 Å². The van der Waals surface area contributed by atoms with Crippen LogP contribution in [0.1, 0.15) is 25.8 Å². The summed E-state index contributed by atoms with van der Waals surface area (Å²) in [4.78, 5) is 0. The number of nitrogens with one attached hydrogen (secondary N) is 1. The van der Waals surface area contributed by atoms with Crippen LogP contribution in [0.5, 0.6) is 0 Å². The van der Waals surface area contributed by atoms with Crippen LogP contribution in [-0.2, 0) is 6.42 Å². The standard InChI is InChI=1S/C13H20ClNO/c1-3-13(16)9-15-10(2)8-11-4-6-12(14)7-5-11/h4-7,10,13,15-16H,3,8-9H2,1-2H3. The van der Waals surface area contributed by atoms with Crippen LogP contribution >= 0.6 is 11.6 Å². The van der Waals surface area contributed by atoms with Gasteiger partial charge in [-0.1, -0.05) is 30.7 Å². The van der Waals surface area contributed by atoms with Crippen molar-refractivity contribution in [3.63, 3.8) is 0 Å². The fourth-order valence-corrected chi connectivity index (χ4v) is 1.65. The molecule has 2 unspecified atom stereocenters. The number of rotatable bonds is 6. The van der Waals surface area contributed by atoms with E-state index in [1.54, 1.807) is 0 Å². The highest BCUT2D eigenvalue weighted by Crippen LogP contribution is 2.10. The first-order valence-corrected chi connectivity index (χ1v) is 6.15. The van der Waals surface area contributed by atoms with Crippen molar-refractivity contribution in [2.24, 2.45) is 0 Å². The Morgan fingerprint density at radius 2 is 1.94 bits per heavy atom. The lowest BCUT2D eigenvalue weighted by Crippen LogP contribution is -2.34. The zero-order chi connectivity index (χ0) is 12.0. The van der Waals surface area contributed by atoms with Gasteiger partial charge < -0.3 is 10.4 Å². The third-order valence-corrected chi connectivity index (χ3v) is 2.88. The molecule has 2 atom stereocenters. The van der Waals surface area contributed by atoms with Gasteiger partial charge in [-0.25, -0.2) is 0 Å². The molecule has 0 aliphatic heterocycles. The van der Waals surface area contributed by atoms with E-state index in [4.69, 9.17) is 11.6 Å². The third-order valence-electron chi connectivity index (χ3n) is 2.63. The van der Waals surface area contributed by atoms with E-state index in [1.807, 2.05) is 31.2 Å². The molecule has 0 amide bonds. The summed E-state index contributed by atoms with van der Waals surface area (Å²) in [6.45, 7) is 4.76. The predicted molar refractivity (Wildman–Crippen MR) is 68.9 cm³/mol. The number of hydrogen-bond donors (Lipinski definition) is 2. The molecule has 90 valence electrons. The molecule has 0 radical (unpaired) electrons. The van der Waals surface area contributed by atoms with Crippen molar-refractivity contribution in [3.8, 4) is 0 Å². The summed E-state index contributed by atoms with van der Waals surface area (Å²) >= 11 is 5.82. The van der Waals surface area contributed by atoms with E-state index in [0.717, 1.165) is 17.9 Å². The molecule has 0 aliphatic rings. The van der Waals surface area contributed by atoms with Crippen molar-refractivity contribution >= 4 is 11.6 Å². The van der Waals surface area contributed by atoms with E-state index in [0.29, 0.717) is 12.6 Å². The van der Waals surface area contributed by atoms with Gasteiger partial charge in [0, 0.05) is 17.6 Å². The van der Waals surface area contributed by atoms with Crippen LogP contribution in [0.4, 0.5) is 0 Å². The van der Waals surface area contributed by atoms with Gasteiger partial charge >= 0.3 is 0 Å². The SMILES string of the molecule is CCC(O)CNC(C)Cc1ccc(Cl)cc1. The lowest BCUT2D eigenvalue weighted by molar-refractivity contribution is 0.163. The molecule has 0 saturated carbocycles. The third kappa shape index (κ3) is 4.97. The quantitative estimate of drug-likeness (QED) is 0.803. The molecule has 0 saturated heterocycles. The Bertz CT molecular complexity index is 299. The van der Waals surface area contributed by atoms with Gasteiger partial charge in [-0.3, -0.25) is 0 Å². The first-order chi connectivity index (χ1) is 7.61. The molecule has 1 aromatic rings. The second-order valence-electron chi connectivity index (χ2n) is 4.20. The highest BCUT2D eigenvalue weighted by Gasteiger charge is 2.05. The molecule has 3 heteroatoms. The highest BCUT2D eigenvalue weighted by atomic mass is 35.5. The highest BCUT2D eigenvalue weighted by molar-refractivity contribution is 6.30. The molecule has 0 bridgehead atoms. The van der Waals surface area contributed by atoms with Gasteiger partial charge in [-0.15, -0.1) is 0 Å². The van der Waals surface area contributed by atoms with Gasteiger partial charge in [0.25, 0.3) is 0 Å². The predicted octanol–water partition coefficient (Wildman–Crippen LogP) is 2.63. The van der Waals surface area contributed by atoms with Gasteiger partial charge in [0.05, 0.1) is 6.10 Å². The first-order valence-electron chi connectivity index (χ1n) is 5.77. The topological polar surface area (TPSA) is 32.3 Å². The van der Waals surface area contributed by atoms with Gasteiger partial charge in [-0.2, -0.15) is 0 Å². The van der Waals surface area contributed by atoms with E-state index in [-0.39, 0.29) is 6.10 Å². The first kappa shape index (κ1) is 13.5. The molecule has 0 aliphatic carbocycles. The van der Waals surface area contributed by atoms with Gasteiger partial charge in [0.15, 0.2) is 0 Å². The van der Waals surface area contributed by atoms with Crippen LogP contribution in [0, 0.1) is 0 Å². The summed E-state index contributed by atoms with van der Waals surface area (Å²) in [5.41, 5.74) is 1.26. The van der Waals surface area contributed by atoms with Crippen molar-refractivity contribution in [2.45, 2.75) is 38.8 Å². The summed E-state index contributed by atoms with van der Waals surface area (Å²) < 4.78 is 0. The van der Waals surface area contributed by atoms with Gasteiger partial charge in [-0.05, 0) is 37.5 Å². The van der Waals surface area contributed by atoms with E-state index < -0.39 is 0 Å². The number of benzene rings is 1. The normalized spacial score (nSPS) is 14.8. The van der Waals surface area contributed by atoms with Crippen LogP contribution in [0.3, 0.4) is 0 Å². The maximum Gasteiger partial charge on any atom is 0.0662 e. The smallest absolute Gasteiger partial charge is 0.0662 e. The maximum absolute atomic E-state index is 9.43. The van der Waals surface area contributed by atoms with E-state index in [1.165, 1.54) is 5.56 Å². The van der Waals surface area contributed by atoms with E-state index >= 15 is 0 Å². The monoisotopic (exact) mass is 241 g/mol. The average Bonchev–Trinajstić information content (AvgIpc) is 2.29. The Balaban J connectivity index is 2.33. The second-order valence-corrected chi connectivity index (χ2v) is 4.64. The molecule has 2 N–H and O–H groups in total. The minimum absolute atomic E-state index is 0.243. The largest absolute Gasteiger partial charge is 0.392 e. The van der Waals surface area contributed by atoms with Crippen molar-refractivity contribution in [3.05, 3.63) is 34.9 Å². The zero-order valence-electron chi connectivity index (χ0n) is 9.91. The Hall–Kier alpha value is -0.570. The molecule has 0 fully saturated rings. The molecule has 1 rings (SSSR count). The molecule has 2 nitrogen and oxygen atoms in total. The zero-order valence-corrected chi connectivity index (χ0v) is 10.7. The lowest BCUT2D eigenvalue weighted by Gasteiger charge is -2.16. The summed E-state index contributed by atoms with van der Waals surface area (Å²) in [5.74, 6) is 0. The molecule has 1 aromatic carbocycles. The molecular formula is C13H20ClNO. The number of hydrogen-bond acceptors (Lipinski definition) is 2. The van der Waals surface area contributed by atoms with Gasteiger partial charge in [0.1, 0.15) is 0 Å².